The lowest BCUT2D eigenvalue weighted by Crippen LogP contribution is -2.49. The van der Waals surface area contributed by atoms with E-state index in [1.807, 2.05) is 7.11 Å². The fourth-order valence-electron chi connectivity index (χ4n) is 4.60. The van der Waals surface area contributed by atoms with E-state index in [0.717, 1.165) is 12.8 Å². The van der Waals surface area contributed by atoms with Crippen LogP contribution in [0.25, 0.3) is 0 Å². The van der Waals surface area contributed by atoms with Gasteiger partial charge in [-0.05, 0) is 37.7 Å². The summed E-state index contributed by atoms with van der Waals surface area (Å²) in [4.78, 5) is 0. The Balaban J connectivity index is 1.95. The predicted molar refractivity (Wildman–Crippen MR) is 97.4 cm³/mol. The lowest BCUT2D eigenvalue weighted by atomic mass is 9.55. The minimum Gasteiger partial charge on any atom is -0.378 e. The van der Waals surface area contributed by atoms with E-state index in [-0.39, 0.29) is 11.0 Å². The molecule has 0 saturated heterocycles. The van der Waals surface area contributed by atoms with Crippen LogP contribution in [0.15, 0.2) is 53.6 Å². The molecule has 4 rings (SSSR count). The molecule has 0 radical (unpaired) electrons. The topological polar surface area (TPSA) is 9.23 Å². The van der Waals surface area contributed by atoms with Crippen molar-refractivity contribution < 1.29 is 4.74 Å². The molecule has 0 N–H and O–H groups in total. The van der Waals surface area contributed by atoms with Gasteiger partial charge in [0.1, 0.15) is 0 Å². The highest BCUT2D eigenvalue weighted by molar-refractivity contribution is 5.43. The van der Waals surface area contributed by atoms with Gasteiger partial charge in [0, 0.05) is 18.4 Å². The van der Waals surface area contributed by atoms with Crippen molar-refractivity contribution in [3.05, 3.63) is 59.2 Å². The summed E-state index contributed by atoms with van der Waals surface area (Å²) in [5.74, 6) is 1.11. The summed E-state index contributed by atoms with van der Waals surface area (Å²) in [5.41, 5.74) is 4.61. The smallest absolute Gasteiger partial charge is 0.0761 e. The van der Waals surface area contributed by atoms with Crippen LogP contribution in [-0.4, -0.2) is 12.7 Å². The fraction of sp³-hybridized carbons (Fsp3) is 0.545. The van der Waals surface area contributed by atoms with Gasteiger partial charge in [-0.25, -0.2) is 0 Å². The Kier molecular flexibility index (Phi) is 4.27. The lowest BCUT2D eigenvalue weighted by molar-refractivity contribution is -0.0566. The van der Waals surface area contributed by atoms with Gasteiger partial charge in [-0.1, -0.05) is 74.4 Å². The fourth-order valence-corrected chi connectivity index (χ4v) is 4.60. The van der Waals surface area contributed by atoms with Crippen molar-refractivity contribution in [1.82, 2.24) is 0 Å². The van der Waals surface area contributed by atoms with Gasteiger partial charge in [0.05, 0.1) is 5.60 Å². The second-order valence-electron chi connectivity index (χ2n) is 8.26. The zero-order valence-electron chi connectivity index (χ0n) is 15.2. The number of fused-ring (bicyclic) bond motifs is 1. The average molecular weight is 310 g/mol. The first-order chi connectivity index (χ1) is 10.9. The van der Waals surface area contributed by atoms with E-state index in [2.05, 4.69) is 70.2 Å². The molecule has 3 aliphatic carbocycles. The van der Waals surface area contributed by atoms with Crippen molar-refractivity contribution in [2.24, 2.45) is 17.3 Å². The molecule has 0 aromatic heterocycles. The van der Waals surface area contributed by atoms with Gasteiger partial charge in [0.25, 0.3) is 0 Å². The predicted octanol–water partition coefficient (Wildman–Crippen LogP) is 5.57. The van der Waals surface area contributed by atoms with Crippen LogP contribution in [0.4, 0.5) is 0 Å². The van der Waals surface area contributed by atoms with E-state index in [1.165, 1.54) is 17.6 Å². The number of benzene rings is 1. The Labute approximate surface area is 141 Å². The molecule has 1 aromatic rings. The molecule has 3 aliphatic rings. The minimum atomic E-state index is -0.0753. The zero-order chi connectivity index (χ0) is 16.7. The van der Waals surface area contributed by atoms with Gasteiger partial charge in [0.15, 0.2) is 0 Å². The molecule has 0 aliphatic heterocycles. The Morgan fingerprint density at radius 2 is 1.87 bits per heavy atom. The summed E-state index contributed by atoms with van der Waals surface area (Å²) in [5, 5.41) is 0. The summed E-state index contributed by atoms with van der Waals surface area (Å²) in [7, 11) is 1.88. The zero-order valence-corrected chi connectivity index (χ0v) is 15.2. The molecule has 23 heavy (non-hydrogen) atoms. The van der Waals surface area contributed by atoms with Crippen LogP contribution in [0.3, 0.4) is 0 Å². The third-order valence-corrected chi connectivity index (χ3v) is 5.73. The van der Waals surface area contributed by atoms with Crippen LogP contribution in [0, 0.1) is 17.3 Å². The standard InChI is InChI=1S/C22H30O/c1-16(2)11-19-13-20-18(12-17-9-7-6-8-10-17)14-21(19,3)15-22(20,4)23-5/h6-10,13-14,16,20H,11-12,15H2,1-5H3/t20?,21-,22+/m1/s1. The maximum atomic E-state index is 6.01. The molecule has 0 saturated carbocycles. The summed E-state index contributed by atoms with van der Waals surface area (Å²) < 4.78 is 6.01. The molecule has 124 valence electrons. The van der Waals surface area contributed by atoms with Crippen LogP contribution in [0.5, 0.6) is 0 Å². The van der Waals surface area contributed by atoms with Crippen LogP contribution in [0.1, 0.15) is 46.1 Å². The quantitative estimate of drug-likeness (QED) is 0.646. The van der Waals surface area contributed by atoms with Crippen LogP contribution in [-0.2, 0) is 11.2 Å². The Hall–Kier alpha value is -1.34. The normalized spacial score (nSPS) is 32.9. The van der Waals surface area contributed by atoms with Gasteiger partial charge in [-0.3, -0.25) is 0 Å². The summed E-state index contributed by atoms with van der Waals surface area (Å²) in [6.07, 6.45) is 8.42. The molecule has 1 heteroatoms. The Morgan fingerprint density at radius 1 is 1.17 bits per heavy atom. The first-order valence-corrected chi connectivity index (χ1v) is 8.88. The van der Waals surface area contributed by atoms with Crippen LogP contribution >= 0.6 is 0 Å². The van der Waals surface area contributed by atoms with Crippen molar-refractivity contribution in [3.63, 3.8) is 0 Å². The number of allylic oxidation sites excluding steroid dienone is 2. The Morgan fingerprint density at radius 3 is 2.43 bits per heavy atom. The molecule has 0 heterocycles. The third-order valence-electron chi connectivity index (χ3n) is 5.73. The molecular weight excluding hydrogens is 280 g/mol. The molecular formula is C22H30O. The maximum absolute atomic E-state index is 6.01. The first kappa shape index (κ1) is 16.5. The summed E-state index contributed by atoms with van der Waals surface area (Å²) in [6, 6.07) is 10.8. The van der Waals surface area contributed by atoms with Gasteiger partial charge in [-0.15, -0.1) is 0 Å². The highest BCUT2D eigenvalue weighted by Crippen LogP contribution is 2.56. The second kappa shape index (κ2) is 5.94. The largest absolute Gasteiger partial charge is 0.378 e. The molecule has 1 unspecified atom stereocenters. The van der Waals surface area contributed by atoms with E-state index in [4.69, 9.17) is 4.74 Å². The lowest BCUT2D eigenvalue weighted by Gasteiger charge is -2.53. The van der Waals surface area contributed by atoms with Crippen LogP contribution in [0.2, 0.25) is 0 Å². The molecule has 0 spiro atoms. The van der Waals surface area contributed by atoms with E-state index in [1.54, 1.807) is 5.57 Å². The van der Waals surface area contributed by atoms with Crippen molar-refractivity contribution in [3.8, 4) is 0 Å². The number of ether oxygens (including phenoxy) is 1. The highest BCUT2D eigenvalue weighted by Gasteiger charge is 2.50. The van der Waals surface area contributed by atoms with Gasteiger partial charge < -0.3 is 4.74 Å². The SMILES string of the molecule is CO[C@@]1(C)C[C@@]2(C)C=C(Cc3ccccc3)C1C=C2CC(C)C. The molecule has 2 bridgehead atoms. The van der Waals surface area contributed by atoms with Gasteiger partial charge >= 0.3 is 0 Å². The number of methoxy groups -OCH3 is 1. The minimum absolute atomic E-state index is 0.0753. The maximum Gasteiger partial charge on any atom is 0.0761 e. The first-order valence-electron chi connectivity index (χ1n) is 8.88. The number of rotatable bonds is 5. The van der Waals surface area contributed by atoms with E-state index < -0.39 is 0 Å². The van der Waals surface area contributed by atoms with Crippen LogP contribution < -0.4 is 0 Å². The van der Waals surface area contributed by atoms with Gasteiger partial charge in [0.2, 0.25) is 0 Å². The van der Waals surface area contributed by atoms with E-state index in [9.17, 15) is 0 Å². The highest BCUT2D eigenvalue weighted by atomic mass is 16.5. The molecule has 1 aromatic carbocycles. The average Bonchev–Trinajstić information content (AvgIpc) is 2.49. The van der Waals surface area contributed by atoms with E-state index in [0.29, 0.717) is 11.8 Å². The van der Waals surface area contributed by atoms with Crippen molar-refractivity contribution >= 4 is 0 Å². The summed E-state index contributed by atoms with van der Waals surface area (Å²) in [6.45, 7) is 9.32. The monoisotopic (exact) mass is 310 g/mol. The van der Waals surface area contributed by atoms with Crippen molar-refractivity contribution in [1.29, 1.82) is 0 Å². The molecule has 0 fully saturated rings. The molecule has 0 amide bonds. The van der Waals surface area contributed by atoms with Crippen molar-refractivity contribution in [2.45, 2.75) is 52.6 Å². The summed E-state index contributed by atoms with van der Waals surface area (Å²) >= 11 is 0. The molecule has 3 atom stereocenters. The van der Waals surface area contributed by atoms with Gasteiger partial charge in [-0.2, -0.15) is 0 Å². The number of hydrogen-bond acceptors (Lipinski definition) is 1. The van der Waals surface area contributed by atoms with E-state index >= 15 is 0 Å². The molecule has 1 nitrogen and oxygen atoms in total. The Bertz CT molecular complexity index is 625. The second-order valence-corrected chi connectivity index (χ2v) is 8.26. The van der Waals surface area contributed by atoms with Crippen molar-refractivity contribution in [2.75, 3.05) is 7.11 Å². The third kappa shape index (κ3) is 3.04. The number of hydrogen-bond donors (Lipinski definition) is 0.